The molecule has 0 amide bonds. The number of rotatable bonds is 6. The first-order chi connectivity index (χ1) is 41.7. The Balaban J connectivity index is 1.21. The molecule has 0 radical (unpaired) electrons. The minimum Gasteiger partial charge on any atom is -0.453 e. The molecule has 0 aliphatic carbocycles. The molecular formula is C73H44N6O5. The monoisotopic (exact) mass is 1080 g/mol. The first-order valence-corrected chi connectivity index (χ1v) is 27.7. The second-order valence-corrected chi connectivity index (χ2v) is 20.7. The summed E-state index contributed by atoms with van der Waals surface area (Å²) in [4.78, 5) is 11.9. The summed E-state index contributed by atoms with van der Waals surface area (Å²) in [5.74, 6) is 6.55. The number of benzene rings is 12. The number of nitrogens with zero attached hydrogens (tertiary/aromatic N) is 6. The van der Waals surface area contributed by atoms with Crippen molar-refractivity contribution in [2.45, 2.75) is 0 Å². The Hall–Kier alpha value is -11.9. The van der Waals surface area contributed by atoms with Crippen molar-refractivity contribution < 1.29 is 23.7 Å². The van der Waals surface area contributed by atoms with Gasteiger partial charge in [0.05, 0.1) is 96.9 Å². The molecule has 17 rings (SSSR count). The van der Waals surface area contributed by atoms with Crippen molar-refractivity contribution in [3.05, 3.63) is 272 Å². The van der Waals surface area contributed by atoms with E-state index in [1.807, 2.05) is 133 Å². The highest BCUT2D eigenvalue weighted by molar-refractivity contribution is 6.22. The average molecular weight is 1090 g/mol. The maximum absolute atomic E-state index is 10.6. The molecule has 12 aromatic rings. The zero-order valence-corrected chi connectivity index (χ0v) is 44.6. The number of nitriles is 1. The van der Waals surface area contributed by atoms with Gasteiger partial charge in [-0.1, -0.05) is 133 Å². The van der Waals surface area contributed by atoms with Crippen LogP contribution in [0.5, 0.6) is 57.5 Å². The second kappa shape index (κ2) is 18.6. The van der Waals surface area contributed by atoms with Crippen molar-refractivity contribution >= 4 is 85.3 Å². The van der Waals surface area contributed by atoms with E-state index < -0.39 is 0 Å². The van der Waals surface area contributed by atoms with Crippen molar-refractivity contribution in [3.8, 4) is 74.7 Å². The van der Waals surface area contributed by atoms with Gasteiger partial charge in [-0.25, -0.2) is 0 Å². The van der Waals surface area contributed by atoms with Gasteiger partial charge in [0.1, 0.15) is 0 Å². The first-order valence-electron chi connectivity index (χ1n) is 27.7. The van der Waals surface area contributed by atoms with E-state index in [4.69, 9.17) is 23.7 Å². The summed E-state index contributed by atoms with van der Waals surface area (Å²) < 4.78 is 35.0. The number of anilines is 15. The van der Waals surface area contributed by atoms with Crippen LogP contribution in [0.25, 0.3) is 11.1 Å². The molecule has 11 nitrogen and oxygen atoms in total. The summed E-state index contributed by atoms with van der Waals surface area (Å²) in [6, 6.07) is 92.8. The minimum atomic E-state index is 0.511. The van der Waals surface area contributed by atoms with Gasteiger partial charge in [0, 0.05) is 5.56 Å². The number of fused-ring (bicyclic) bond motifs is 10. The van der Waals surface area contributed by atoms with Crippen molar-refractivity contribution in [1.82, 2.24) is 0 Å². The van der Waals surface area contributed by atoms with Gasteiger partial charge in [0.25, 0.3) is 0 Å². The summed E-state index contributed by atoms with van der Waals surface area (Å²) in [5.41, 5.74) is 13.8. The quantitative estimate of drug-likeness (QED) is 0.160. The summed E-state index contributed by atoms with van der Waals surface area (Å²) in [6.07, 6.45) is 0. The first kappa shape index (κ1) is 47.0. The van der Waals surface area contributed by atoms with Gasteiger partial charge in [0.2, 0.25) is 0 Å². The van der Waals surface area contributed by atoms with Crippen LogP contribution in [0.2, 0.25) is 0 Å². The molecular weight excluding hydrogens is 1040 g/mol. The lowest BCUT2D eigenvalue weighted by atomic mass is 9.90. The Morgan fingerprint density at radius 3 is 0.595 bits per heavy atom. The van der Waals surface area contributed by atoms with Gasteiger partial charge in [-0.3, -0.25) is 14.7 Å². The zero-order chi connectivity index (χ0) is 55.4. The molecule has 0 N–H and O–H groups in total. The maximum Gasteiger partial charge on any atom is 0.151 e. The Bertz CT molecular complexity index is 4300. The van der Waals surface area contributed by atoms with E-state index in [0.29, 0.717) is 63.1 Å². The molecule has 5 heterocycles. The molecule has 12 aromatic carbocycles. The lowest BCUT2D eigenvalue weighted by molar-refractivity contribution is 0.475. The van der Waals surface area contributed by atoms with Gasteiger partial charge in [-0.15, -0.1) is 0 Å². The SMILES string of the molecule is N#Cc1ccc(-c2c(N3c4ccccc4Oc4ccccc43)c(N3c4ccccc4Oc4ccccc43)c(N3c4ccccc4Oc4ccccc43)c(N3c4ccccc4Oc4ccccc43)c2N2c3ccccc3Oc3ccccc32)cc1. The fraction of sp³-hybridized carbons (Fsp3) is 0. The molecule has 0 unspecified atom stereocenters. The Morgan fingerprint density at radius 2 is 0.393 bits per heavy atom. The highest BCUT2D eigenvalue weighted by atomic mass is 16.5. The molecule has 0 saturated heterocycles. The average Bonchev–Trinajstić information content (AvgIpc) is 0.775. The highest BCUT2D eigenvalue weighted by Crippen LogP contribution is 2.72. The van der Waals surface area contributed by atoms with Crippen molar-refractivity contribution in [3.63, 3.8) is 0 Å². The maximum atomic E-state index is 10.6. The van der Waals surface area contributed by atoms with Crippen LogP contribution in [-0.4, -0.2) is 0 Å². The van der Waals surface area contributed by atoms with Crippen molar-refractivity contribution in [2.75, 3.05) is 24.5 Å². The number of hydrogen-bond donors (Lipinski definition) is 0. The van der Waals surface area contributed by atoms with Crippen molar-refractivity contribution in [2.24, 2.45) is 0 Å². The molecule has 0 atom stereocenters. The van der Waals surface area contributed by atoms with Gasteiger partial charge < -0.3 is 33.5 Å². The van der Waals surface area contributed by atoms with Gasteiger partial charge >= 0.3 is 0 Å². The highest BCUT2D eigenvalue weighted by Gasteiger charge is 2.47. The normalized spacial score (nSPS) is 13.3. The van der Waals surface area contributed by atoms with Gasteiger partial charge in [0.15, 0.2) is 57.5 Å². The fourth-order valence-corrected chi connectivity index (χ4v) is 12.5. The van der Waals surface area contributed by atoms with E-state index in [1.165, 1.54) is 0 Å². The lowest BCUT2D eigenvalue weighted by Crippen LogP contribution is -2.30. The second-order valence-electron chi connectivity index (χ2n) is 20.7. The van der Waals surface area contributed by atoms with Crippen LogP contribution in [0.1, 0.15) is 5.56 Å². The van der Waals surface area contributed by atoms with E-state index in [-0.39, 0.29) is 0 Å². The van der Waals surface area contributed by atoms with Gasteiger partial charge in [-0.2, -0.15) is 5.26 Å². The lowest BCUT2D eigenvalue weighted by Gasteiger charge is -2.47. The van der Waals surface area contributed by atoms with Crippen LogP contribution in [-0.2, 0) is 0 Å². The number of ether oxygens (including phenoxy) is 5. The molecule has 0 fully saturated rings. The summed E-state index contributed by atoms with van der Waals surface area (Å²) in [7, 11) is 0. The predicted molar refractivity (Wildman–Crippen MR) is 330 cm³/mol. The Labute approximate surface area is 483 Å². The Kier molecular flexibility index (Phi) is 10.4. The minimum absolute atomic E-state index is 0.511. The third-order valence-electron chi connectivity index (χ3n) is 16.0. The molecule has 0 saturated carbocycles. The van der Waals surface area contributed by atoms with Gasteiger partial charge in [-0.05, 0) is 139 Å². The summed E-state index contributed by atoms with van der Waals surface area (Å²) >= 11 is 0. The van der Waals surface area contributed by atoms with Crippen LogP contribution < -0.4 is 48.2 Å². The smallest absolute Gasteiger partial charge is 0.151 e. The molecule has 0 bridgehead atoms. The molecule has 396 valence electrons. The fourth-order valence-electron chi connectivity index (χ4n) is 12.5. The van der Waals surface area contributed by atoms with E-state index in [2.05, 4.69) is 164 Å². The number of hydrogen-bond acceptors (Lipinski definition) is 11. The van der Waals surface area contributed by atoms with Crippen LogP contribution in [0.15, 0.2) is 267 Å². The third kappa shape index (κ3) is 7.04. The van der Waals surface area contributed by atoms with Crippen LogP contribution in [0.3, 0.4) is 0 Å². The van der Waals surface area contributed by atoms with E-state index in [9.17, 15) is 5.26 Å². The van der Waals surface area contributed by atoms with E-state index in [1.54, 1.807) is 0 Å². The van der Waals surface area contributed by atoms with E-state index in [0.717, 1.165) is 96.4 Å². The molecule has 11 heteroatoms. The molecule has 5 aliphatic heterocycles. The largest absolute Gasteiger partial charge is 0.453 e. The third-order valence-corrected chi connectivity index (χ3v) is 16.0. The zero-order valence-electron chi connectivity index (χ0n) is 44.6. The van der Waals surface area contributed by atoms with Crippen LogP contribution >= 0.6 is 0 Å². The Morgan fingerprint density at radius 1 is 0.214 bits per heavy atom. The number of para-hydroxylation sites is 20. The van der Waals surface area contributed by atoms with Crippen LogP contribution in [0.4, 0.5) is 85.3 Å². The summed E-state index contributed by atoms with van der Waals surface area (Å²) in [6.45, 7) is 0. The standard InChI is InChI=1S/C73H44N6O5/c74-45-46-41-43-47(44-42-46)68-69(75-48-21-1-11-31-58(48)80-59-32-12-2-22-49(59)75)71(77-52-25-5-15-35-62(52)82-63-36-16-6-26-53(63)77)73(79-56-29-9-19-39-66(56)84-67-40-20-10-30-57(67)79)72(78-54-27-7-17-37-64(54)83-65-38-18-8-28-55(65)78)70(68)76-50-23-3-13-33-60(50)81-61-34-14-4-24-51(61)76/h1-44H. The summed E-state index contributed by atoms with van der Waals surface area (Å²) in [5, 5.41) is 10.6. The molecule has 0 spiro atoms. The predicted octanol–water partition coefficient (Wildman–Crippen LogP) is 21.1. The van der Waals surface area contributed by atoms with Crippen molar-refractivity contribution in [1.29, 1.82) is 5.26 Å². The van der Waals surface area contributed by atoms with E-state index >= 15 is 0 Å². The molecule has 0 aromatic heterocycles. The topological polar surface area (TPSA) is 86.1 Å². The molecule has 84 heavy (non-hydrogen) atoms. The van der Waals surface area contributed by atoms with Crippen LogP contribution in [0, 0.1) is 11.3 Å². The molecule has 5 aliphatic rings.